The summed E-state index contributed by atoms with van der Waals surface area (Å²) in [6.45, 7) is 15.5. The van der Waals surface area contributed by atoms with Gasteiger partial charge in [0.05, 0.1) is 55.2 Å². The van der Waals surface area contributed by atoms with Gasteiger partial charge in [0.25, 0.3) is 0 Å². The maximum atomic E-state index is 11.7. The van der Waals surface area contributed by atoms with Crippen molar-refractivity contribution in [3.63, 3.8) is 0 Å². The third-order valence-electron chi connectivity index (χ3n) is 6.39. The van der Waals surface area contributed by atoms with E-state index in [0.29, 0.717) is 32.6 Å². The van der Waals surface area contributed by atoms with Crippen LogP contribution < -0.4 is 5.73 Å². The SMILES string of the molecule is CC(C)Br.CC(C)S(=O)(=O)c1ccc(C#N)cc1.CC(C)S(=O)(=O)c1ccc(CN)cc1.CC(C)Sc1ccc(C#N)cc1.N#Cc1ccc(S)cc1. The summed E-state index contributed by atoms with van der Waals surface area (Å²) in [4.78, 5) is 3.39. The van der Waals surface area contributed by atoms with Crippen molar-refractivity contribution in [2.24, 2.45) is 5.73 Å². The van der Waals surface area contributed by atoms with Gasteiger partial charge in [-0.05, 0) is 118 Å². The molecule has 2 N–H and O–H groups in total. The van der Waals surface area contributed by atoms with Crippen LogP contribution in [0.2, 0.25) is 0 Å². The van der Waals surface area contributed by atoms with Crippen molar-refractivity contribution in [2.45, 2.75) is 102 Å². The summed E-state index contributed by atoms with van der Waals surface area (Å²) in [7, 11) is -6.35. The van der Waals surface area contributed by atoms with Crippen molar-refractivity contribution in [1.82, 2.24) is 0 Å². The highest BCUT2D eigenvalue weighted by Crippen LogP contribution is 2.22. The van der Waals surface area contributed by atoms with Crippen LogP contribution in [-0.4, -0.2) is 37.4 Å². The maximum absolute atomic E-state index is 11.7. The molecule has 0 unspecified atom stereocenters. The van der Waals surface area contributed by atoms with Crippen LogP contribution in [0.25, 0.3) is 0 Å². The Morgan fingerprint density at radius 2 is 0.906 bits per heavy atom. The lowest BCUT2D eigenvalue weighted by atomic mass is 10.2. The van der Waals surface area contributed by atoms with Gasteiger partial charge in [0, 0.05) is 26.4 Å². The average Bonchev–Trinajstić information content (AvgIpc) is 3.12. The van der Waals surface area contributed by atoms with E-state index in [1.54, 1.807) is 76.2 Å². The second-order valence-electron chi connectivity index (χ2n) is 12.1. The lowest BCUT2D eigenvalue weighted by Gasteiger charge is -2.07. The zero-order chi connectivity index (χ0) is 40.8. The van der Waals surface area contributed by atoms with E-state index < -0.39 is 24.9 Å². The number of rotatable bonds is 7. The Kier molecular flexibility index (Phi) is 23.7. The number of alkyl halides is 1. The zero-order valence-electron chi connectivity index (χ0n) is 31.4. The Labute approximate surface area is 335 Å². The number of thioether (sulfide) groups is 1. The summed E-state index contributed by atoms with van der Waals surface area (Å²) in [5, 5.41) is 25.2. The first-order valence-electron chi connectivity index (χ1n) is 16.5. The number of hydrogen-bond acceptors (Lipinski definition) is 10. The van der Waals surface area contributed by atoms with Crippen molar-refractivity contribution in [1.29, 1.82) is 15.8 Å². The van der Waals surface area contributed by atoms with E-state index >= 15 is 0 Å². The number of nitrogens with two attached hydrogens (primary N) is 1. The van der Waals surface area contributed by atoms with E-state index in [1.165, 1.54) is 29.2 Å². The van der Waals surface area contributed by atoms with Gasteiger partial charge in [-0.2, -0.15) is 15.8 Å². The number of nitrogens with zero attached hydrogens (tertiary/aromatic N) is 3. The summed E-state index contributed by atoms with van der Waals surface area (Å²) >= 11 is 9.14. The van der Waals surface area contributed by atoms with Gasteiger partial charge in [-0.1, -0.05) is 55.8 Å². The van der Waals surface area contributed by atoms with Crippen molar-refractivity contribution >= 4 is 60.0 Å². The highest BCUT2D eigenvalue weighted by Gasteiger charge is 2.19. The first kappa shape index (κ1) is 49.4. The fourth-order valence-electron chi connectivity index (χ4n) is 3.49. The molecular weight excluding hydrogens is 809 g/mol. The highest BCUT2D eigenvalue weighted by atomic mass is 79.9. The van der Waals surface area contributed by atoms with E-state index in [4.69, 9.17) is 21.5 Å². The minimum atomic E-state index is -3.21. The molecule has 0 aliphatic heterocycles. The Morgan fingerprint density at radius 3 is 1.19 bits per heavy atom. The van der Waals surface area contributed by atoms with Crippen LogP contribution in [0.1, 0.15) is 77.6 Å². The molecule has 8 nitrogen and oxygen atoms in total. The molecule has 0 radical (unpaired) electrons. The summed E-state index contributed by atoms with van der Waals surface area (Å²) in [6, 6.07) is 33.5. The van der Waals surface area contributed by atoms with E-state index in [0.717, 1.165) is 16.0 Å². The highest BCUT2D eigenvalue weighted by molar-refractivity contribution is 9.09. The molecule has 0 aromatic heterocycles. The van der Waals surface area contributed by atoms with Crippen molar-refractivity contribution < 1.29 is 16.8 Å². The number of benzene rings is 4. The summed E-state index contributed by atoms with van der Waals surface area (Å²) in [5.74, 6) is 0. The van der Waals surface area contributed by atoms with Crippen molar-refractivity contribution in [2.75, 3.05) is 0 Å². The minimum absolute atomic E-state index is 0.270. The molecule has 53 heavy (non-hydrogen) atoms. The molecule has 4 aromatic rings. The Balaban J connectivity index is 0.000000664. The van der Waals surface area contributed by atoms with Gasteiger partial charge in [0.2, 0.25) is 0 Å². The number of halogens is 1. The maximum Gasteiger partial charge on any atom is 0.180 e. The summed E-state index contributed by atoms with van der Waals surface area (Å²) in [5.41, 5.74) is 8.22. The Bertz CT molecular complexity index is 1990. The van der Waals surface area contributed by atoms with Gasteiger partial charge in [-0.3, -0.25) is 0 Å². The van der Waals surface area contributed by atoms with Gasteiger partial charge in [0.15, 0.2) is 19.7 Å². The topological polar surface area (TPSA) is 166 Å². The molecule has 0 fully saturated rings. The van der Waals surface area contributed by atoms with Crippen LogP contribution in [0, 0.1) is 34.0 Å². The van der Waals surface area contributed by atoms with Gasteiger partial charge >= 0.3 is 0 Å². The predicted octanol–water partition coefficient (Wildman–Crippen LogP) is 9.76. The van der Waals surface area contributed by atoms with Crippen molar-refractivity contribution in [3.05, 3.63) is 119 Å². The van der Waals surface area contributed by atoms with Gasteiger partial charge in [-0.25, -0.2) is 16.8 Å². The largest absolute Gasteiger partial charge is 0.326 e. The molecule has 0 aliphatic rings. The molecule has 13 heteroatoms. The third-order valence-corrected chi connectivity index (χ3v) is 12.0. The summed E-state index contributed by atoms with van der Waals surface area (Å²) in [6.07, 6.45) is 0. The van der Waals surface area contributed by atoms with E-state index in [2.05, 4.69) is 62.3 Å². The summed E-state index contributed by atoms with van der Waals surface area (Å²) < 4.78 is 46.7. The molecule has 0 bridgehead atoms. The normalized spacial score (nSPS) is 10.5. The number of sulfone groups is 2. The molecule has 4 rings (SSSR count). The van der Waals surface area contributed by atoms with Crippen LogP contribution in [-0.2, 0) is 26.2 Å². The Morgan fingerprint density at radius 1 is 0.604 bits per heavy atom. The molecule has 0 saturated heterocycles. The molecule has 284 valence electrons. The molecule has 0 amide bonds. The molecule has 4 aromatic carbocycles. The van der Waals surface area contributed by atoms with Crippen LogP contribution in [0.5, 0.6) is 0 Å². The lowest BCUT2D eigenvalue weighted by Crippen LogP contribution is -2.13. The van der Waals surface area contributed by atoms with Crippen LogP contribution >= 0.6 is 40.3 Å². The average molecular weight is 858 g/mol. The monoisotopic (exact) mass is 856 g/mol. The number of nitriles is 3. The first-order valence-corrected chi connectivity index (χ1v) is 21.9. The molecule has 0 aliphatic carbocycles. The Hall–Kier alpha value is -3.61. The van der Waals surface area contributed by atoms with E-state index in [9.17, 15) is 16.8 Å². The standard InChI is InChI=1S/C10H15NO2S.C10H11NO2S.C10H11NS.C7H5NS.C3H7Br/c2*1-8(2)14(12,13)10-5-3-9(7-11)4-6-10;1-8(2)12-10-5-3-9(7-11)4-6-10;8-5-6-1-3-7(9)4-2-6;1-3(2)4/h3-6,8H,7,11H2,1-2H3;3-6,8H,1-2H3;3-6,8H,1-2H3;1-4,9H;3H,1-2H3. The smallest absolute Gasteiger partial charge is 0.180 e. The van der Waals surface area contributed by atoms with E-state index in [1.807, 2.05) is 48.2 Å². The number of hydrogen-bond donors (Lipinski definition) is 2. The van der Waals surface area contributed by atoms with Gasteiger partial charge in [0.1, 0.15) is 0 Å². The quantitative estimate of drug-likeness (QED) is 0.105. The zero-order valence-corrected chi connectivity index (χ0v) is 36.3. The molecule has 0 atom stereocenters. The third kappa shape index (κ3) is 19.9. The lowest BCUT2D eigenvalue weighted by molar-refractivity contribution is 0.586. The number of thiol groups is 1. The fraction of sp³-hybridized carbons (Fsp3) is 0.325. The molecule has 0 heterocycles. The molecule has 0 saturated carbocycles. The van der Waals surface area contributed by atoms with Gasteiger partial charge in [-0.15, -0.1) is 24.4 Å². The van der Waals surface area contributed by atoms with Crippen LogP contribution in [0.3, 0.4) is 0 Å². The van der Waals surface area contributed by atoms with Crippen LogP contribution in [0.15, 0.2) is 117 Å². The first-order chi connectivity index (χ1) is 24.7. The second-order valence-corrected chi connectivity index (χ2v) is 21.2. The molecule has 0 spiro atoms. The van der Waals surface area contributed by atoms with Crippen molar-refractivity contribution in [3.8, 4) is 18.2 Å². The van der Waals surface area contributed by atoms with Gasteiger partial charge < -0.3 is 5.73 Å². The minimum Gasteiger partial charge on any atom is -0.326 e. The molecular formula is C40H49BrN4O4S4. The fourth-order valence-corrected chi connectivity index (χ4v) is 6.60. The van der Waals surface area contributed by atoms with Crippen LogP contribution in [0.4, 0.5) is 0 Å². The predicted molar refractivity (Wildman–Crippen MR) is 225 cm³/mol. The second kappa shape index (κ2) is 25.4. The van der Waals surface area contributed by atoms with E-state index in [-0.39, 0.29) is 10.1 Å².